The number of hydrogen-bond donors (Lipinski definition) is 0. The van der Waals surface area contributed by atoms with Gasteiger partial charge in [-0.25, -0.2) is 15.0 Å². The highest BCUT2D eigenvalue weighted by atomic mass is 32.2. The van der Waals surface area contributed by atoms with Gasteiger partial charge in [-0.1, -0.05) is 157 Å². The van der Waals surface area contributed by atoms with Crippen molar-refractivity contribution < 1.29 is 0 Å². The molecule has 5 heterocycles. The molecule has 10 aromatic carbocycles. The molecule has 15 rings (SSSR count). The number of para-hydroxylation sites is 5. The van der Waals surface area contributed by atoms with Gasteiger partial charge in [0, 0.05) is 64.8 Å². The molecule has 0 N–H and O–H groups in total. The first kappa shape index (κ1) is 39.0. The molecule has 1 aliphatic heterocycles. The summed E-state index contributed by atoms with van der Waals surface area (Å²) < 4.78 is 7.27. The number of benzene rings is 10. The van der Waals surface area contributed by atoms with Crippen LogP contribution in [0.25, 0.3) is 128 Å². The van der Waals surface area contributed by atoms with Crippen molar-refractivity contribution in [2.45, 2.75) is 9.79 Å². The molecule has 4 aromatic heterocycles. The summed E-state index contributed by atoms with van der Waals surface area (Å²) in [6.07, 6.45) is 0. The lowest BCUT2D eigenvalue weighted by atomic mass is 10.00. The van der Waals surface area contributed by atoms with Crippen molar-refractivity contribution in [3.8, 4) is 62.4 Å². The van der Waals surface area contributed by atoms with Gasteiger partial charge in [0.2, 0.25) is 0 Å². The zero-order valence-electron chi connectivity index (χ0n) is 37.5. The molecule has 1 aliphatic rings. The standard InChI is InChI=1S/C63H38N6S/c1-2-19-44(20-3-1)68-54-36-33-42(38-51(54)58-50-25-14-30-57-59(50)69(63(58)68)55-28-10-11-29-56(55)70-57)41-17-12-18-43(37-41)61-64-60(65-62(66-61)49-24-13-16-39-15-4-5-21-46(39)49)40-31-34-45(35-32-40)67-52-26-8-6-22-47(52)48-23-7-9-27-53(48)67/h1-38H. The Morgan fingerprint density at radius 3 is 1.73 bits per heavy atom. The minimum atomic E-state index is 0.616. The lowest BCUT2D eigenvalue weighted by molar-refractivity contribution is 1.03. The molecule has 0 aliphatic carbocycles. The number of nitrogens with zero attached hydrogens (tertiary/aromatic N) is 6. The van der Waals surface area contributed by atoms with E-state index in [1.165, 1.54) is 64.6 Å². The van der Waals surface area contributed by atoms with E-state index in [0.717, 1.165) is 55.5 Å². The van der Waals surface area contributed by atoms with E-state index in [-0.39, 0.29) is 0 Å². The molecule has 0 saturated carbocycles. The van der Waals surface area contributed by atoms with Gasteiger partial charge in [-0.2, -0.15) is 0 Å². The second-order valence-corrected chi connectivity index (χ2v) is 19.1. The Hall–Kier alpha value is -9.04. The first-order valence-corrected chi connectivity index (χ1v) is 24.4. The zero-order chi connectivity index (χ0) is 45.9. The maximum absolute atomic E-state index is 5.28. The third-order valence-corrected chi connectivity index (χ3v) is 15.2. The summed E-state index contributed by atoms with van der Waals surface area (Å²) in [6, 6.07) is 82.5. The van der Waals surface area contributed by atoms with Crippen LogP contribution in [0.15, 0.2) is 240 Å². The van der Waals surface area contributed by atoms with Gasteiger partial charge in [-0.3, -0.25) is 9.13 Å². The number of hydrogen-bond acceptors (Lipinski definition) is 4. The molecule has 6 nitrogen and oxygen atoms in total. The van der Waals surface area contributed by atoms with Gasteiger partial charge in [0.1, 0.15) is 5.65 Å². The van der Waals surface area contributed by atoms with E-state index in [0.29, 0.717) is 17.5 Å². The highest BCUT2D eigenvalue weighted by Crippen LogP contribution is 2.50. The summed E-state index contributed by atoms with van der Waals surface area (Å²) in [5.74, 6) is 1.86. The topological polar surface area (TPSA) is 53.5 Å². The molecule has 0 fully saturated rings. The fourth-order valence-corrected chi connectivity index (χ4v) is 12.1. The predicted molar refractivity (Wildman–Crippen MR) is 289 cm³/mol. The van der Waals surface area contributed by atoms with Crippen LogP contribution in [0.1, 0.15) is 0 Å². The third-order valence-electron chi connectivity index (χ3n) is 14.1. The fraction of sp³-hybridized carbons (Fsp3) is 0. The van der Waals surface area contributed by atoms with E-state index in [2.05, 4.69) is 244 Å². The van der Waals surface area contributed by atoms with Gasteiger partial charge in [-0.15, -0.1) is 0 Å². The minimum Gasteiger partial charge on any atom is -0.309 e. The number of rotatable bonds is 6. The first-order valence-electron chi connectivity index (χ1n) is 23.6. The SMILES string of the molecule is c1ccc(-n2c3ccc(-c4cccc(-c5nc(-c6ccc(-n7c8ccccc8c8ccccc87)cc6)nc(-c6cccc7ccccc67)n5)c4)cc3c3c4cccc5c4n(c32)-c2ccccc2S5)cc1. The Labute approximate surface area is 406 Å². The number of aromatic nitrogens is 6. The van der Waals surface area contributed by atoms with Crippen LogP contribution in [0, 0.1) is 0 Å². The van der Waals surface area contributed by atoms with Crippen molar-refractivity contribution in [2.75, 3.05) is 0 Å². The zero-order valence-corrected chi connectivity index (χ0v) is 38.3. The highest BCUT2D eigenvalue weighted by molar-refractivity contribution is 7.99. The molecule has 0 bridgehead atoms. The van der Waals surface area contributed by atoms with Crippen LogP contribution in [-0.4, -0.2) is 28.7 Å². The molecule has 14 aromatic rings. The molecule has 0 spiro atoms. The van der Waals surface area contributed by atoms with Crippen molar-refractivity contribution in [2.24, 2.45) is 0 Å². The Bertz CT molecular complexity index is 4390. The van der Waals surface area contributed by atoms with Gasteiger partial charge in [0.05, 0.1) is 27.8 Å². The van der Waals surface area contributed by atoms with Crippen LogP contribution < -0.4 is 0 Å². The summed E-state index contributed by atoms with van der Waals surface area (Å²) in [5, 5.41) is 8.40. The summed E-state index contributed by atoms with van der Waals surface area (Å²) in [6.45, 7) is 0. The second-order valence-electron chi connectivity index (χ2n) is 18.0. The van der Waals surface area contributed by atoms with Gasteiger partial charge in [-0.05, 0) is 107 Å². The predicted octanol–water partition coefficient (Wildman–Crippen LogP) is 16.3. The molecule has 0 radical (unpaired) electrons. The van der Waals surface area contributed by atoms with E-state index in [1.54, 1.807) is 0 Å². The van der Waals surface area contributed by atoms with Crippen molar-refractivity contribution >= 4 is 77.2 Å². The second kappa shape index (κ2) is 15.2. The maximum atomic E-state index is 5.28. The first-order chi connectivity index (χ1) is 34.7. The fourth-order valence-electron chi connectivity index (χ4n) is 11.0. The summed E-state index contributed by atoms with van der Waals surface area (Å²) >= 11 is 1.85. The maximum Gasteiger partial charge on any atom is 0.164 e. The average Bonchev–Trinajstić information content (AvgIpc) is 4.08. The van der Waals surface area contributed by atoms with Crippen LogP contribution >= 0.6 is 11.8 Å². The summed E-state index contributed by atoms with van der Waals surface area (Å²) in [7, 11) is 0. The molecule has 7 heteroatoms. The van der Waals surface area contributed by atoms with E-state index >= 15 is 0 Å². The number of fused-ring (bicyclic) bond motifs is 11. The van der Waals surface area contributed by atoms with E-state index in [9.17, 15) is 0 Å². The molecule has 70 heavy (non-hydrogen) atoms. The molecular weight excluding hydrogens is 873 g/mol. The Balaban J connectivity index is 0.898. The van der Waals surface area contributed by atoms with E-state index in [4.69, 9.17) is 15.0 Å². The molecule has 326 valence electrons. The Kier molecular flexibility index (Phi) is 8.49. The molecule has 0 saturated heterocycles. The van der Waals surface area contributed by atoms with E-state index in [1.807, 2.05) is 11.8 Å². The van der Waals surface area contributed by atoms with Crippen LogP contribution in [-0.2, 0) is 0 Å². The molecule has 0 amide bonds. The minimum absolute atomic E-state index is 0.616. The van der Waals surface area contributed by atoms with Gasteiger partial charge < -0.3 is 4.57 Å². The van der Waals surface area contributed by atoms with Gasteiger partial charge >= 0.3 is 0 Å². The van der Waals surface area contributed by atoms with Crippen molar-refractivity contribution in [1.82, 2.24) is 28.7 Å². The van der Waals surface area contributed by atoms with Gasteiger partial charge in [0.15, 0.2) is 17.5 Å². The summed E-state index contributed by atoms with van der Waals surface area (Å²) in [5.41, 5.74) is 14.3. The molecule has 0 atom stereocenters. The Morgan fingerprint density at radius 1 is 0.329 bits per heavy atom. The largest absolute Gasteiger partial charge is 0.309 e. The van der Waals surface area contributed by atoms with Crippen molar-refractivity contribution in [3.05, 3.63) is 231 Å². The van der Waals surface area contributed by atoms with Gasteiger partial charge in [0.25, 0.3) is 0 Å². The third kappa shape index (κ3) is 5.85. The van der Waals surface area contributed by atoms with Crippen molar-refractivity contribution in [1.29, 1.82) is 0 Å². The lowest BCUT2D eigenvalue weighted by Crippen LogP contribution is -2.05. The van der Waals surface area contributed by atoms with Crippen LogP contribution in [0.5, 0.6) is 0 Å². The highest BCUT2D eigenvalue weighted by Gasteiger charge is 2.28. The van der Waals surface area contributed by atoms with Crippen LogP contribution in [0.2, 0.25) is 0 Å². The lowest BCUT2D eigenvalue weighted by Gasteiger charge is -2.21. The van der Waals surface area contributed by atoms with Crippen LogP contribution in [0.4, 0.5) is 0 Å². The molecular formula is C63H38N6S. The van der Waals surface area contributed by atoms with Crippen LogP contribution in [0.3, 0.4) is 0 Å². The quantitative estimate of drug-likeness (QED) is 0.167. The van der Waals surface area contributed by atoms with E-state index < -0.39 is 0 Å². The Morgan fingerprint density at radius 2 is 0.900 bits per heavy atom. The smallest absolute Gasteiger partial charge is 0.164 e. The normalized spacial score (nSPS) is 12.2. The van der Waals surface area contributed by atoms with Crippen molar-refractivity contribution in [3.63, 3.8) is 0 Å². The average molecular weight is 911 g/mol. The monoisotopic (exact) mass is 910 g/mol. The summed E-state index contributed by atoms with van der Waals surface area (Å²) in [4.78, 5) is 18.3. The molecule has 0 unspecified atom stereocenters.